The molecule has 1 saturated heterocycles. The van der Waals surface area contributed by atoms with E-state index in [0.717, 1.165) is 50.1 Å². The molecule has 14 heteroatoms. The highest BCUT2D eigenvalue weighted by Gasteiger charge is 2.35. The summed E-state index contributed by atoms with van der Waals surface area (Å²) in [5.41, 5.74) is 1.05. The number of amides is 2. The topological polar surface area (TPSA) is 133 Å². The third kappa shape index (κ3) is 6.29. The van der Waals surface area contributed by atoms with Gasteiger partial charge in [0.2, 0.25) is 0 Å². The van der Waals surface area contributed by atoms with Crippen molar-refractivity contribution in [3.05, 3.63) is 94.0 Å². The number of rotatable bonds is 8. The molecule has 0 aliphatic carbocycles. The van der Waals surface area contributed by atoms with Crippen molar-refractivity contribution in [1.82, 2.24) is 4.90 Å². The molecule has 3 aromatic rings. The van der Waals surface area contributed by atoms with E-state index in [-0.39, 0.29) is 33.5 Å². The fourth-order valence-electron chi connectivity index (χ4n) is 3.36. The summed E-state index contributed by atoms with van der Waals surface area (Å²) in [6.45, 7) is 0.146. The SMILES string of the molecule is COc1cc(/C=C2\SC(=O)N(Cc3ccc(I)cc3)C2=O)cc(I)c1OS(=O)(=O)c1ccc([N+](=O)[O-])cc1. The lowest BCUT2D eigenvalue weighted by Crippen LogP contribution is -2.27. The number of methoxy groups -OCH3 is 1. The van der Waals surface area contributed by atoms with Crippen LogP contribution >= 0.6 is 56.9 Å². The summed E-state index contributed by atoms with van der Waals surface area (Å²) in [6.07, 6.45) is 1.53. The number of carbonyl (C=O) groups excluding carboxylic acids is 2. The monoisotopic (exact) mass is 778 g/mol. The van der Waals surface area contributed by atoms with Gasteiger partial charge in [0, 0.05) is 15.7 Å². The summed E-state index contributed by atoms with van der Waals surface area (Å²) in [7, 11) is -3.01. The van der Waals surface area contributed by atoms with Gasteiger partial charge < -0.3 is 8.92 Å². The molecule has 196 valence electrons. The minimum atomic E-state index is -4.33. The van der Waals surface area contributed by atoms with Crippen LogP contribution in [0.2, 0.25) is 0 Å². The number of benzene rings is 3. The molecular weight excluding hydrogens is 762 g/mol. The quantitative estimate of drug-likeness (QED) is 0.0913. The van der Waals surface area contributed by atoms with Crippen LogP contribution < -0.4 is 8.92 Å². The highest BCUT2D eigenvalue weighted by Crippen LogP contribution is 2.39. The Morgan fingerprint density at radius 2 is 1.71 bits per heavy atom. The molecule has 0 bridgehead atoms. The Morgan fingerprint density at radius 1 is 1.05 bits per heavy atom. The zero-order valence-corrected chi connectivity index (χ0v) is 25.2. The second-order valence-electron chi connectivity index (χ2n) is 7.72. The third-order valence-electron chi connectivity index (χ3n) is 5.21. The first-order valence-electron chi connectivity index (χ1n) is 10.5. The fraction of sp³-hybridized carbons (Fsp3) is 0.0833. The molecule has 0 radical (unpaired) electrons. The van der Waals surface area contributed by atoms with Crippen molar-refractivity contribution in [2.75, 3.05) is 7.11 Å². The molecular formula is C24H16I2N2O8S2. The minimum Gasteiger partial charge on any atom is -0.493 e. The maximum Gasteiger partial charge on any atom is 0.339 e. The van der Waals surface area contributed by atoms with Crippen LogP contribution in [0.5, 0.6) is 11.5 Å². The van der Waals surface area contributed by atoms with E-state index >= 15 is 0 Å². The van der Waals surface area contributed by atoms with E-state index in [2.05, 4.69) is 22.6 Å². The first-order chi connectivity index (χ1) is 18.0. The van der Waals surface area contributed by atoms with Crippen LogP contribution in [0.25, 0.3) is 6.08 Å². The van der Waals surface area contributed by atoms with Crippen LogP contribution in [0, 0.1) is 17.3 Å². The number of thioether (sulfide) groups is 1. The van der Waals surface area contributed by atoms with Crippen LogP contribution in [0.4, 0.5) is 10.5 Å². The van der Waals surface area contributed by atoms with E-state index < -0.39 is 26.2 Å². The number of nitrogens with zero attached hydrogens (tertiary/aromatic N) is 2. The van der Waals surface area contributed by atoms with Crippen molar-refractivity contribution in [2.45, 2.75) is 11.4 Å². The molecule has 1 heterocycles. The van der Waals surface area contributed by atoms with Crippen molar-refractivity contribution >= 4 is 90.0 Å². The molecule has 1 aliphatic rings. The number of nitro groups is 1. The Kier molecular flexibility index (Phi) is 8.63. The third-order valence-corrected chi connectivity index (χ3v) is 8.87. The van der Waals surface area contributed by atoms with E-state index in [9.17, 15) is 28.1 Å². The second kappa shape index (κ2) is 11.6. The number of hydrogen-bond donors (Lipinski definition) is 0. The lowest BCUT2D eigenvalue weighted by atomic mass is 10.1. The zero-order valence-electron chi connectivity index (χ0n) is 19.3. The largest absolute Gasteiger partial charge is 0.493 e. The first-order valence-corrected chi connectivity index (χ1v) is 14.9. The van der Waals surface area contributed by atoms with Gasteiger partial charge >= 0.3 is 10.1 Å². The van der Waals surface area contributed by atoms with Crippen molar-refractivity contribution < 1.29 is 31.9 Å². The number of ether oxygens (including phenoxy) is 1. The fourth-order valence-corrected chi connectivity index (χ4v) is 6.40. The summed E-state index contributed by atoms with van der Waals surface area (Å²) in [4.78, 5) is 36.8. The van der Waals surface area contributed by atoms with Crippen molar-refractivity contribution in [3.63, 3.8) is 0 Å². The lowest BCUT2D eigenvalue weighted by Gasteiger charge is -2.14. The Labute approximate surface area is 248 Å². The summed E-state index contributed by atoms with van der Waals surface area (Å²) >= 11 is 4.85. The standard InChI is InChI=1S/C24H16I2N2O8S2/c1-35-20-11-15(12-21-23(29)27(24(30)37-21)13-14-2-4-16(25)5-3-14)10-19(26)22(20)36-38(33,34)18-8-6-17(7-9-18)28(31)32/h2-12H,13H2,1H3/b21-12-. The molecule has 0 unspecified atom stereocenters. The first kappa shape index (κ1) is 28.3. The number of nitro benzene ring substituents is 1. The number of imide groups is 1. The molecule has 4 rings (SSSR count). The number of hydrogen-bond acceptors (Lipinski definition) is 9. The summed E-state index contributed by atoms with van der Waals surface area (Å²) < 4.78 is 37.6. The van der Waals surface area contributed by atoms with Gasteiger partial charge in [0.15, 0.2) is 11.5 Å². The lowest BCUT2D eigenvalue weighted by molar-refractivity contribution is -0.384. The van der Waals surface area contributed by atoms with Crippen LogP contribution in [-0.2, 0) is 21.5 Å². The van der Waals surface area contributed by atoms with Crippen molar-refractivity contribution in [3.8, 4) is 11.5 Å². The van der Waals surface area contributed by atoms with Crippen LogP contribution in [0.15, 0.2) is 70.5 Å². The molecule has 1 fully saturated rings. The molecule has 10 nitrogen and oxygen atoms in total. The number of carbonyl (C=O) groups is 2. The Morgan fingerprint density at radius 3 is 2.32 bits per heavy atom. The van der Waals surface area contributed by atoms with Crippen LogP contribution in [0.1, 0.15) is 11.1 Å². The highest BCUT2D eigenvalue weighted by molar-refractivity contribution is 14.1. The van der Waals surface area contributed by atoms with E-state index in [1.54, 1.807) is 6.07 Å². The summed E-state index contributed by atoms with van der Waals surface area (Å²) in [5, 5.41) is 10.5. The second-order valence-corrected chi connectivity index (χ2v) is 12.7. The zero-order chi connectivity index (χ0) is 27.6. The molecule has 0 N–H and O–H groups in total. The Hall–Kier alpha value is -2.70. The van der Waals surface area contributed by atoms with Crippen molar-refractivity contribution in [2.24, 2.45) is 0 Å². The molecule has 1 aliphatic heterocycles. The van der Waals surface area contributed by atoms with Crippen LogP contribution in [-0.4, -0.2) is 36.5 Å². The Bertz CT molecular complexity index is 1570. The minimum absolute atomic E-state index is 0.0757. The van der Waals surface area contributed by atoms with Gasteiger partial charge in [0.1, 0.15) is 4.90 Å². The molecule has 2 amide bonds. The summed E-state index contributed by atoms with van der Waals surface area (Å²) in [5.74, 6) is -0.448. The van der Waals surface area contributed by atoms with Gasteiger partial charge in [-0.25, -0.2) is 0 Å². The van der Waals surface area contributed by atoms with Gasteiger partial charge in [0.25, 0.3) is 16.8 Å². The maximum atomic E-state index is 12.9. The molecule has 0 spiro atoms. The van der Waals surface area contributed by atoms with E-state index in [1.165, 1.54) is 19.3 Å². The summed E-state index contributed by atoms with van der Waals surface area (Å²) in [6, 6.07) is 14.8. The van der Waals surface area contributed by atoms with Gasteiger partial charge in [-0.3, -0.25) is 24.6 Å². The number of non-ortho nitro benzene ring substituents is 1. The average Bonchev–Trinajstić information content (AvgIpc) is 3.13. The predicted octanol–water partition coefficient (Wildman–Crippen LogP) is 5.82. The Balaban J connectivity index is 1.58. The van der Waals surface area contributed by atoms with Gasteiger partial charge in [0.05, 0.1) is 27.1 Å². The van der Waals surface area contributed by atoms with E-state index in [0.29, 0.717) is 9.13 Å². The number of halogens is 2. The predicted molar refractivity (Wildman–Crippen MR) is 157 cm³/mol. The molecule has 0 aromatic heterocycles. The van der Waals surface area contributed by atoms with Crippen LogP contribution in [0.3, 0.4) is 0 Å². The molecule has 3 aromatic carbocycles. The molecule has 0 atom stereocenters. The van der Waals surface area contributed by atoms with Gasteiger partial charge in [-0.05, 0) is 111 Å². The molecule has 38 heavy (non-hydrogen) atoms. The highest BCUT2D eigenvalue weighted by atomic mass is 127. The average molecular weight is 778 g/mol. The van der Waals surface area contributed by atoms with Gasteiger partial charge in [-0.2, -0.15) is 8.42 Å². The van der Waals surface area contributed by atoms with E-state index in [1.807, 2.05) is 46.9 Å². The van der Waals surface area contributed by atoms with Gasteiger partial charge in [-0.15, -0.1) is 0 Å². The normalized spacial score (nSPS) is 14.7. The molecule has 0 saturated carbocycles. The smallest absolute Gasteiger partial charge is 0.339 e. The van der Waals surface area contributed by atoms with E-state index in [4.69, 9.17) is 8.92 Å². The maximum absolute atomic E-state index is 12.9. The van der Waals surface area contributed by atoms with Crippen molar-refractivity contribution in [1.29, 1.82) is 0 Å². The van der Waals surface area contributed by atoms with Gasteiger partial charge in [-0.1, -0.05) is 12.1 Å².